The third kappa shape index (κ3) is 3.00. The van der Waals surface area contributed by atoms with Gasteiger partial charge in [-0.25, -0.2) is 0 Å². The fraction of sp³-hybridized carbons (Fsp3) is 0.0556. The molecule has 0 fully saturated rings. The topological polar surface area (TPSA) is 112 Å². The Bertz CT molecular complexity index is 1090. The maximum absolute atomic E-state index is 12.8. The van der Waals surface area contributed by atoms with E-state index in [4.69, 9.17) is 17.3 Å². The number of nitrogens with one attached hydrogen (secondary N) is 3. The zero-order chi connectivity index (χ0) is 18.1. The number of nitrogens with two attached hydrogens (primary N) is 1. The molecule has 0 aliphatic rings. The first-order chi connectivity index (χ1) is 12.6. The van der Waals surface area contributed by atoms with Gasteiger partial charge in [-0.05, 0) is 23.8 Å². The maximum Gasteiger partial charge on any atom is 0.268 e. The van der Waals surface area contributed by atoms with Crippen LogP contribution in [0.1, 0.15) is 16.3 Å². The second-order valence-corrected chi connectivity index (χ2v) is 6.19. The number of benzene rings is 2. The third-order valence-electron chi connectivity index (χ3n) is 4.02. The van der Waals surface area contributed by atoms with E-state index in [1.165, 1.54) is 0 Å². The van der Waals surface area contributed by atoms with E-state index in [1.54, 1.807) is 6.07 Å². The molecule has 26 heavy (non-hydrogen) atoms. The number of rotatable bonds is 4. The molecule has 2 heterocycles. The third-order valence-corrected chi connectivity index (χ3v) is 4.25. The van der Waals surface area contributed by atoms with Crippen LogP contribution in [-0.4, -0.2) is 26.1 Å². The van der Waals surface area contributed by atoms with Crippen LogP contribution in [0.5, 0.6) is 0 Å². The first-order valence-corrected chi connectivity index (χ1v) is 8.31. The van der Waals surface area contributed by atoms with Gasteiger partial charge in [0.2, 0.25) is 5.95 Å². The number of hydrogen-bond acceptors (Lipinski definition) is 4. The Labute approximate surface area is 153 Å². The Balaban J connectivity index is 1.75. The molecule has 0 spiro atoms. The van der Waals surface area contributed by atoms with Gasteiger partial charge in [-0.15, -0.1) is 5.10 Å². The highest BCUT2D eigenvalue weighted by molar-refractivity contribution is 6.31. The van der Waals surface area contributed by atoms with Gasteiger partial charge in [0.05, 0.1) is 6.54 Å². The van der Waals surface area contributed by atoms with Crippen LogP contribution in [0.3, 0.4) is 0 Å². The second kappa shape index (κ2) is 6.53. The molecule has 0 radical (unpaired) electrons. The van der Waals surface area contributed by atoms with Crippen LogP contribution in [0.25, 0.3) is 22.0 Å². The van der Waals surface area contributed by atoms with Crippen LogP contribution in [0.2, 0.25) is 5.02 Å². The van der Waals surface area contributed by atoms with Crippen molar-refractivity contribution in [2.45, 2.75) is 6.54 Å². The summed E-state index contributed by atoms with van der Waals surface area (Å²) in [5.74, 6) is 0.363. The lowest BCUT2D eigenvalue weighted by atomic mass is 10.0. The van der Waals surface area contributed by atoms with Gasteiger partial charge in [0, 0.05) is 21.5 Å². The van der Waals surface area contributed by atoms with Gasteiger partial charge in [0.15, 0.2) is 0 Å². The van der Waals surface area contributed by atoms with Crippen molar-refractivity contribution in [1.82, 2.24) is 25.5 Å². The van der Waals surface area contributed by atoms with Gasteiger partial charge in [0.25, 0.3) is 5.91 Å². The molecular weight excluding hydrogens is 352 g/mol. The highest BCUT2D eigenvalue weighted by Gasteiger charge is 2.19. The van der Waals surface area contributed by atoms with E-state index in [9.17, 15) is 4.79 Å². The molecule has 0 atom stereocenters. The SMILES string of the molecule is Nc1n[nH]c(CNC(=O)c2[nH]c3ccc(Cl)cc3c2-c2ccccc2)n1. The maximum atomic E-state index is 12.8. The number of aromatic amines is 2. The summed E-state index contributed by atoms with van der Waals surface area (Å²) >= 11 is 6.16. The second-order valence-electron chi connectivity index (χ2n) is 5.75. The standard InChI is InChI=1S/C18H15ClN6O/c19-11-6-7-13-12(8-11)15(10-4-2-1-3-5-10)16(22-13)17(26)21-9-14-23-18(20)25-24-14/h1-8,22H,9H2,(H,21,26)(H3,20,23,24,25). The summed E-state index contributed by atoms with van der Waals surface area (Å²) in [4.78, 5) is 20.0. The predicted molar refractivity (Wildman–Crippen MR) is 101 cm³/mol. The number of fused-ring (bicyclic) bond motifs is 1. The zero-order valence-electron chi connectivity index (χ0n) is 13.6. The molecule has 7 nitrogen and oxygen atoms in total. The molecule has 4 aromatic rings. The Morgan fingerprint density at radius 2 is 2.00 bits per heavy atom. The van der Waals surface area contributed by atoms with E-state index >= 15 is 0 Å². The first kappa shape index (κ1) is 16.2. The molecule has 0 aliphatic carbocycles. The minimum atomic E-state index is -0.258. The zero-order valence-corrected chi connectivity index (χ0v) is 14.3. The Hall–Kier alpha value is -3.32. The lowest BCUT2D eigenvalue weighted by Crippen LogP contribution is -2.24. The van der Waals surface area contributed by atoms with Gasteiger partial charge in [-0.2, -0.15) is 4.98 Å². The van der Waals surface area contributed by atoms with Crippen molar-refractivity contribution in [3.05, 3.63) is 65.1 Å². The Morgan fingerprint density at radius 3 is 2.73 bits per heavy atom. The molecule has 0 saturated heterocycles. The lowest BCUT2D eigenvalue weighted by Gasteiger charge is -2.06. The van der Waals surface area contributed by atoms with Crippen LogP contribution in [-0.2, 0) is 6.54 Å². The number of H-pyrrole nitrogens is 2. The van der Waals surface area contributed by atoms with Gasteiger partial charge in [-0.3, -0.25) is 9.89 Å². The summed E-state index contributed by atoms with van der Waals surface area (Å²) in [5.41, 5.74) is 8.50. The van der Waals surface area contributed by atoms with Gasteiger partial charge >= 0.3 is 0 Å². The minimum absolute atomic E-state index is 0.138. The molecule has 8 heteroatoms. The molecule has 130 valence electrons. The van der Waals surface area contributed by atoms with Crippen molar-refractivity contribution >= 4 is 34.4 Å². The van der Waals surface area contributed by atoms with Crippen LogP contribution in [0.4, 0.5) is 5.95 Å². The molecule has 2 aromatic heterocycles. The minimum Gasteiger partial charge on any atom is -0.367 e. The average Bonchev–Trinajstić information content (AvgIpc) is 3.23. The van der Waals surface area contributed by atoms with Crippen LogP contribution in [0, 0.1) is 0 Å². The van der Waals surface area contributed by atoms with Gasteiger partial charge in [0.1, 0.15) is 11.5 Å². The van der Waals surface area contributed by atoms with Crippen molar-refractivity contribution < 1.29 is 4.79 Å². The lowest BCUT2D eigenvalue weighted by molar-refractivity contribution is 0.0946. The van der Waals surface area contributed by atoms with E-state index in [-0.39, 0.29) is 18.4 Å². The number of amides is 1. The van der Waals surface area contributed by atoms with Crippen molar-refractivity contribution in [3.63, 3.8) is 0 Å². The summed E-state index contributed by atoms with van der Waals surface area (Å²) in [6, 6.07) is 15.2. The number of carbonyl (C=O) groups is 1. The fourth-order valence-corrected chi connectivity index (χ4v) is 3.05. The van der Waals surface area contributed by atoms with E-state index in [1.807, 2.05) is 42.5 Å². The van der Waals surface area contributed by atoms with E-state index < -0.39 is 0 Å². The van der Waals surface area contributed by atoms with Crippen molar-refractivity contribution in [2.75, 3.05) is 5.73 Å². The molecular formula is C18H15ClN6O. The van der Waals surface area contributed by atoms with Crippen LogP contribution >= 0.6 is 11.6 Å². The van der Waals surface area contributed by atoms with Crippen molar-refractivity contribution in [1.29, 1.82) is 0 Å². The van der Waals surface area contributed by atoms with Crippen molar-refractivity contribution in [3.8, 4) is 11.1 Å². The Morgan fingerprint density at radius 1 is 1.19 bits per heavy atom. The van der Waals surface area contributed by atoms with Gasteiger partial charge < -0.3 is 16.0 Å². The molecule has 0 bridgehead atoms. The largest absolute Gasteiger partial charge is 0.367 e. The summed E-state index contributed by atoms with van der Waals surface area (Å²) in [7, 11) is 0. The monoisotopic (exact) mass is 366 g/mol. The quantitative estimate of drug-likeness (QED) is 0.444. The number of nitrogen functional groups attached to an aromatic ring is 1. The molecule has 0 unspecified atom stereocenters. The Kier molecular flexibility index (Phi) is 4.06. The number of nitrogens with zero attached hydrogens (tertiary/aromatic N) is 2. The highest BCUT2D eigenvalue weighted by Crippen LogP contribution is 2.34. The molecule has 4 rings (SSSR count). The van der Waals surface area contributed by atoms with E-state index in [2.05, 4.69) is 25.5 Å². The smallest absolute Gasteiger partial charge is 0.268 e. The molecule has 0 aliphatic heterocycles. The summed E-state index contributed by atoms with van der Waals surface area (Å²) in [5, 5.41) is 10.7. The number of halogens is 1. The molecule has 5 N–H and O–H groups in total. The first-order valence-electron chi connectivity index (χ1n) is 7.93. The highest BCUT2D eigenvalue weighted by atomic mass is 35.5. The number of aromatic nitrogens is 4. The number of carbonyl (C=O) groups excluding carboxylic acids is 1. The van der Waals surface area contributed by atoms with Crippen LogP contribution < -0.4 is 11.1 Å². The summed E-state index contributed by atoms with van der Waals surface area (Å²) < 4.78 is 0. The van der Waals surface area contributed by atoms with E-state index in [0.717, 1.165) is 22.0 Å². The average molecular weight is 367 g/mol. The molecule has 2 aromatic carbocycles. The molecule has 1 amide bonds. The van der Waals surface area contributed by atoms with Gasteiger partial charge in [-0.1, -0.05) is 41.9 Å². The fourth-order valence-electron chi connectivity index (χ4n) is 2.88. The summed E-state index contributed by atoms with van der Waals surface area (Å²) in [6.45, 7) is 0.188. The number of anilines is 1. The molecule has 0 saturated carbocycles. The summed E-state index contributed by atoms with van der Waals surface area (Å²) in [6.07, 6.45) is 0. The number of hydrogen-bond donors (Lipinski definition) is 4. The van der Waals surface area contributed by atoms with E-state index in [0.29, 0.717) is 16.5 Å². The van der Waals surface area contributed by atoms with Crippen molar-refractivity contribution in [2.24, 2.45) is 0 Å². The predicted octanol–water partition coefficient (Wildman–Crippen LogP) is 3.12. The normalized spacial score (nSPS) is 11.0. The van der Waals surface area contributed by atoms with Crippen LogP contribution in [0.15, 0.2) is 48.5 Å².